The van der Waals surface area contributed by atoms with E-state index in [2.05, 4.69) is 15.3 Å². The molecule has 3 aromatic carbocycles. The number of carboxylic acids is 1. The molecule has 1 aromatic heterocycles. The number of fused-ring (bicyclic) bond motifs is 1. The Balaban J connectivity index is 1.47. The molecule has 6 nitrogen and oxygen atoms in total. The Hall–Kier alpha value is -3.64. The maximum atomic E-state index is 11.7. The third-order valence-corrected chi connectivity index (χ3v) is 4.91. The van der Waals surface area contributed by atoms with Gasteiger partial charge >= 0.3 is 5.97 Å². The van der Waals surface area contributed by atoms with E-state index in [1.54, 1.807) is 12.1 Å². The van der Waals surface area contributed by atoms with Crippen LogP contribution in [0.2, 0.25) is 5.02 Å². The standard InChI is InChI=1S/C23H18ClN3O3/c24-17-7-10-19-20(13-17)27-23(26-19)16-3-1-14(2-4-16)15-5-8-18(9-6-15)25-21(28)11-12-22(29)30/h1-10,13H,11-12H2,(H,25,28)(H,26,27)(H,29,30). The normalized spacial score (nSPS) is 10.8. The van der Waals surface area contributed by atoms with E-state index in [-0.39, 0.29) is 18.7 Å². The fraction of sp³-hybridized carbons (Fsp3) is 0.0870. The summed E-state index contributed by atoms with van der Waals surface area (Å²) < 4.78 is 0. The van der Waals surface area contributed by atoms with E-state index in [1.165, 1.54) is 0 Å². The summed E-state index contributed by atoms with van der Waals surface area (Å²) in [5.41, 5.74) is 5.38. The third-order valence-electron chi connectivity index (χ3n) is 4.67. The van der Waals surface area contributed by atoms with Crippen molar-refractivity contribution in [2.45, 2.75) is 12.8 Å². The molecule has 4 rings (SSSR count). The van der Waals surface area contributed by atoms with Crippen LogP contribution in [0.15, 0.2) is 66.7 Å². The second-order valence-corrected chi connectivity index (χ2v) is 7.28. The minimum atomic E-state index is -0.990. The quantitative estimate of drug-likeness (QED) is 0.392. The molecule has 7 heteroatoms. The number of aromatic nitrogens is 2. The number of carboxylic acid groups (broad SMARTS) is 1. The summed E-state index contributed by atoms with van der Waals surface area (Å²) in [5.74, 6) is -0.532. The number of hydrogen-bond donors (Lipinski definition) is 3. The molecule has 150 valence electrons. The molecule has 4 aromatic rings. The van der Waals surface area contributed by atoms with Crippen molar-refractivity contribution in [2.75, 3.05) is 5.32 Å². The third kappa shape index (κ3) is 4.50. The van der Waals surface area contributed by atoms with Gasteiger partial charge in [0.15, 0.2) is 0 Å². The van der Waals surface area contributed by atoms with Gasteiger partial charge in [-0.3, -0.25) is 9.59 Å². The fourth-order valence-corrected chi connectivity index (χ4v) is 3.30. The van der Waals surface area contributed by atoms with Gasteiger partial charge < -0.3 is 15.4 Å². The molecular weight excluding hydrogens is 402 g/mol. The molecule has 0 saturated carbocycles. The van der Waals surface area contributed by atoms with Crippen molar-refractivity contribution in [3.63, 3.8) is 0 Å². The van der Waals surface area contributed by atoms with E-state index < -0.39 is 5.97 Å². The van der Waals surface area contributed by atoms with E-state index in [4.69, 9.17) is 16.7 Å². The van der Waals surface area contributed by atoms with Crippen LogP contribution in [0.5, 0.6) is 0 Å². The van der Waals surface area contributed by atoms with Gasteiger partial charge in [0, 0.05) is 22.7 Å². The highest BCUT2D eigenvalue weighted by molar-refractivity contribution is 6.31. The van der Waals surface area contributed by atoms with E-state index in [0.717, 1.165) is 33.5 Å². The first kappa shape index (κ1) is 19.7. The first-order valence-corrected chi connectivity index (χ1v) is 9.73. The molecule has 0 radical (unpaired) electrons. The highest BCUT2D eigenvalue weighted by Gasteiger charge is 2.08. The Morgan fingerprint density at radius 2 is 1.53 bits per heavy atom. The van der Waals surface area contributed by atoms with Gasteiger partial charge in [-0.25, -0.2) is 4.98 Å². The highest BCUT2D eigenvalue weighted by atomic mass is 35.5. The van der Waals surface area contributed by atoms with Crippen molar-refractivity contribution in [1.29, 1.82) is 0 Å². The van der Waals surface area contributed by atoms with Crippen LogP contribution in [-0.4, -0.2) is 27.0 Å². The van der Waals surface area contributed by atoms with Gasteiger partial charge in [0.05, 0.1) is 17.5 Å². The van der Waals surface area contributed by atoms with Crippen molar-refractivity contribution >= 4 is 40.2 Å². The zero-order valence-electron chi connectivity index (χ0n) is 15.9. The van der Waals surface area contributed by atoms with E-state index in [1.807, 2.05) is 54.6 Å². The smallest absolute Gasteiger partial charge is 0.303 e. The van der Waals surface area contributed by atoms with Crippen LogP contribution in [0, 0.1) is 0 Å². The number of halogens is 1. The molecule has 0 aliphatic carbocycles. The SMILES string of the molecule is O=C(O)CCC(=O)Nc1ccc(-c2ccc(-c3nc4ccc(Cl)cc4[nH]3)cc2)cc1. The summed E-state index contributed by atoms with van der Waals surface area (Å²) in [6.45, 7) is 0. The van der Waals surface area contributed by atoms with Gasteiger partial charge in [-0.05, 0) is 41.5 Å². The molecule has 0 spiro atoms. The number of amides is 1. The number of aliphatic carboxylic acids is 1. The predicted octanol–water partition coefficient (Wildman–Crippen LogP) is 5.35. The number of imidazole rings is 1. The summed E-state index contributed by atoms with van der Waals surface area (Å²) in [7, 11) is 0. The monoisotopic (exact) mass is 419 g/mol. The second kappa shape index (κ2) is 8.39. The van der Waals surface area contributed by atoms with Crippen molar-refractivity contribution in [1.82, 2.24) is 9.97 Å². The second-order valence-electron chi connectivity index (χ2n) is 6.84. The molecule has 1 amide bonds. The minimum Gasteiger partial charge on any atom is -0.481 e. The number of H-pyrrole nitrogens is 1. The van der Waals surface area contributed by atoms with Gasteiger partial charge in [0.2, 0.25) is 5.91 Å². The fourth-order valence-electron chi connectivity index (χ4n) is 3.13. The number of aromatic amines is 1. The Bertz CT molecular complexity index is 1210. The zero-order valence-corrected chi connectivity index (χ0v) is 16.6. The number of nitrogens with zero attached hydrogens (tertiary/aromatic N) is 1. The first-order chi connectivity index (χ1) is 14.5. The van der Waals surface area contributed by atoms with Crippen LogP contribution < -0.4 is 5.32 Å². The minimum absolute atomic E-state index is 0.0491. The molecule has 3 N–H and O–H groups in total. The van der Waals surface area contributed by atoms with E-state index >= 15 is 0 Å². The molecule has 30 heavy (non-hydrogen) atoms. The molecule has 0 fully saturated rings. The van der Waals surface area contributed by atoms with Crippen LogP contribution in [0.1, 0.15) is 12.8 Å². The first-order valence-electron chi connectivity index (χ1n) is 9.36. The molecule has 0 atom stereocenters. The number of nitrogens with one attached hydrogen (secondary N) is 2. The van der Waals surface area contributed by atoms with E-state index in [0.29, 0.717) is 10.7 Å². The van der Waals surface area contributed by atoms with Crippen LogP contribution in [0.25, 0.3) is 33.5 Å². The average Bonchev–Trinajstić information content (AvgIpc) is 3.16. The largest absolute Gasteiger partial charge is 0.481 e. The van der Waals surface area contributed by atoms with E-state index in [9.17, 15) is 9.59 Å². The molecule has 0 bridgehead atoms. The number of benzene rings is 3. The Morgan fingerprint density at radius 1 is 0.900 bits per heavy atom. The van der Waals surface area contributed by atoms with Crippen molar-refractivity contribution in [2.24, 2.45) is 0 Å². The summed E-state index contributed by atoms with van der Waals surface area (Å²) in [6.07, 6.45) is -0.235. The topological polar surface area (TPSA) is 95.1 Å². The van der Waals surface area contributed by atoms with Gasteiger partial charge in [0.25, 0.3) is 0 Å². The van der Waals surface area contributed by atoms with Gasteiger partial charge in [0.1, 0.15) is 5.82 Å². The highest BCUT2D eigenvalue weighted by Crippen LogP contribution is 2.27. The lowest BCUT2D eigenvalue weighted by Gasteiger charge is -2.07. The molecule has 0 unspecified atom stereocenters. The van der Waals surface area contributed by atoms with Crippen molar-refractivity contribution in [3.05, 3.63) is 71.8 Å². The molecule has 0 aliphatic heterocycles. The summed E-state index contributed by atoms with van der Waals surface area (Å²) in [5, 5.41) is 12.0. The predicted molar refractivity (Wildman–Crippen MR) is 117 cm³/mol. The molecule has 1 heterocycles. The Morgan fingerprint density at radius 3 is 2.20 bits per heavy atom. The lowest BCUT2D eigenvalue weighted by molar-refractivity contribution is -0.138. The van der Waals surface area contributed by atoms with Crippen molar-refractivity contribution < 1.29 is 14.7 Å². The maximum absolute atomic E-state index is 11.7. The maximum Gasteiger partial charge on any atom is 0.303 e. The molecule has 0 saturated heterocycles. The van der Waals surface area contributed by atoms with Crippen molar-refractivity contribution in [3.8, 4) is 22.5 Å². The zero-order chi connectivity index (χ0) is 21.1. The summed E-state index contributed by atoms with van der Waals surface area (Å²) in [6, 6.07) is 21.0. The number of anilines is 1. The van der Waals surface area contributed by atoms with Crippen LogP contribution in [0.4, 0.5) is 5.69 Å². The van der Waals surface area contributed by atoms with Gasteiger partial charge in [-0.1, -0.05) is 48.0 Å². The lowest BCUT2D eigenvalue weighted by Crippen LogP contribution is -2.13. The van der Waals surface area contributed by atoms with Crippen LogP contribution in [0.3, 0.4) is 0 Å². The van der Waals surface area contributed by atoms with Gasteiger partial charge in [-0.2, -0.15) is 0 Å². The molecule has 0 aliphatic rings. The van der Waals surface area contributed by atoms with Crippen LogP contribution >= 0.6 is 11.6 Å². The summed E-state index contributed by atoms with van der Waals surface area (Å²) >= 11 is 6.04. The Labute approximate surface area is 177 Å². The summed E-state index contributed by atoms with van der Waals surface area (Å²) in [4.78, 5) is 30.2. The number of carbonyl (C=O) groups excluding carboxylic acids is 1. The lowest BCUT2D eigenvalue weighted by atomic mass is 10.0. The molecular formula is C23H18ClN3O3. The average molecular weight is 420 g/mol. The Kier molecular flexibility index (Phi) is 5.50. The van der Waals surface area contributed by atoms with Gasteiger partial charge in [-0.15, -0.1) is 0 Å². The number of carbonyl (C=O) groups is 2. The number of hydrogen-bond acceptors (Lipinski definition) is 3. The van der Waals surface area contributed by atoms with Crippen LogP contribution in [-0.2, 0) is 9.59 Å². The number of rotatable bonds is 6.